The van der Waals surface area contributed by atoms with E-state index in [0.29, 0.717) is 24.3 Å². The summed E-state index contributed by atoms with van der Waals surface area (Å²) in [6.07, 6.45) is 0.555. The van der Waals surface area contributed by atoms with Crippen LogP contribution in [0.2, 0.25) is 0 Å². The van der Waals surface area contributed by atoms with E-state index in [-0.39, 0.29) is 24.4 Å². The minimum absolute atomic E-state index is 0.209. The van der Waals surface area contributed by atoms with E-state index >= 15 is 0 Å². The number of carbonyl (C=O) groups excluding carboxylic acids is 2. The standard InChI is InChI=1S/C14H16Cl2O4/c1-10(20-13(17)6-8-15)7-9-19-12-4-2-11(3-5-12)14(16)18/h2-5,10H,6-9H2,1H3. The number of alkyl halides is 1. The summed E-state index contributed by atoms with van der Waals surface area (Å²) >= 11 is 10.8. The van der Waals surface area contributed by atoms with E-state index in [1.807, 2.05) is 0 Å². The number of hydrogen-bond donors (Lipinski definition) is 0. The highest BCUT2D eigenvalue weighted by Gasteiger charge is 2.09. The Kier molecular flexibility index (Phi) is 7.41. The minimum Gasteiger partial charge on any atom is -0.493 e. The Bertz CT molecular complexity index is 445. The van der Waals surface area contributed by atoms with Crippen LogP contribution >= 0.6 is 23.2 Å². The first-order valence-corrected chi connectivity index (χ1v) is 7.12. The number of rotatable bonds is 8. The summed E-state index contributed by atoms with van der Waals surface area (Å²) in [6, 6.07) is 6.52. The Balaban J connectivity index is 2.29. The second-order valence-corrected chi connectivity index (χ2v) is 4.90. The fourth-order valence-corrected chi connectivity index (χ4v) is 1.72. The number of benzene rings is 1. The highest BCUT2D eigenvalue weighted by Crippen LogP contribution is 2.14. The zero-order valence-corrected chi connectivity index (χ0v) is 12.6. The molecule has 0 aliphatic rings. The van der Waals surface area contributed by atoms with Crippen LogP contribution in [0.4, 0.5) is 0 Å². The van der Waals surface area contributed by atoms with Crippen LogP contribution in [-0.4, -0.2) is 29.8 Å². The number of hydrogen-bond acceptors (Lipinski definition) is 4. The molecular formula is C14H16Cl2O4. The van der Waals surface area contributed by atoms with Crippen molar-refractivity contribution < 1.29 is 19.1 Å². The van der Waals surface area contributed by atoms with Gasteiger partial charge in [-0.3, -0.25) is 9.59 Å². The molecule has 4 nitrogen and oxygen atoms in total. The first-order valence-electron chi connectivity index (χ1n) is 6.21. The molecule has 1 unspecified atom stereocenters. The highest BCUT2D eigenvalue weighted by molar-refractivity contribution is 6.67. The van der Waals surface area contributed by atoms with E-state index in [1.165, 1.54) is 0 Å². The van der Waals surface area contributed by atoms with Crippen molar-refractivity contribution in [3.63, 3.8) is 0 Å². The van der Waals surface area contributed by atoms with Crippen LogP contribution in [-0.2, 0) is 9.53 Å². The number of halogens is 2. The number of esters is 1. The third kappa shape index (κ3) is 6.26. The molecule has 0 spiro atoms. The SMILES string of the molecule is CC(CCOc1ccc(C(=O)Cl)cc1)OC(=O)CCCl. The largest absolute Gasteiger partial charge is 0.493 e. The quantitative estimate of drug-likeness (QED) is 0.419. The average molecular weight is 319 g/mol. The molecule has 110 valence electrons. The van der Waals surface area contributed by atoms with Crippen LogP contribution in [0.1, 0.15) is 30.1 Å². The van der Waals surface area contributed by atoms with Gasteiger partial charge in [-0.2, -0.15) is 0 Å². The average Bonchev–Trinajstić information content (AvgIpc) is 2.39. The second-order valence-electron chi connectivity index (χ2n) is 4.17. The summed E-state index contributed by atoms with van der Waals surface area (Å²) in [5, 5.41) is -0.503. The molecule has 1 aromatic rings. The summed E-state index contributed by atoms with van der Waals surface area (Å²) in [6.45, 7) is 2.20. The second kappa shape index (κ2) is 8.82. The maximum atomic E-state index is 11.2. The fraction of sp³-hybridized carbons (Fsp3) is 0.429. The first kappa shape index (κ1) is 16.8. The van der Waals surface area contributed by atoms with Crippen molar-refractivity contribution in [3.8, 4) is 5.75 Å². The van der Waals surface area contributed by atoms with E-state index < -0.39 is 5.24 Å². The van der Waals surface area contributed by atoms with Gasteiger partial charge in [0.25, 0.3) is 5.24 Å². The Morgan fingerprint density at radius 2 is 1.90 bits per heavy atom. The van der Waals surface area contributed by atoms with Crippen molar-refractivity contribution >= 4 is 34.4 Å². The first-order chi connectivity index (χ1) is 9.52. The molecule has 0 radical (unpaired) electrons. The zero-order chi connectivity index (χ0) is 15.0. The molecule has 0 fully saturated rings. The predicted octanol–water partition coefficient (Wildman–Crippen LogP) is 3.40. The Hall–Kier alpha value is -1.26. The Labute approximate surface area is 128 Å². The molecule has 0 amide bonds. The summed E-state index contributed by atoms with van der Waals surface area (Å²) in [5.41, 5.74) is 0.419. The summed E-state index contributed by atoms with van der Waals surface area (Å²) in [4.78, 5) is 22.1. The molecule has 0 aliphatic carbocycles. The van der Waals surface area contributed by atoms with Gasteiger partial charge in [-0.1, -0.05) is 0 Å². The molecule has 6 heteroatoms. The third-order valence-corrected chi connectivity index (χ3v) is 2.91. The lowest BCUT2D eigenvalue weighted by Crippen LogP contribution is -2.17. The van der Waals surface area contributed by atoms with Gasteiger partial charge in [-0.25, -0.2) is 0 Å². The van der Waals surface area contributed by atoms with Gasteiger partial charge in [0.1, 0.15) is 11.9 Å². The van der Waals surface area contributed by atoms with Gasteiger partial charge < -0.3 is 9.47 Å². The van der Waals surface area contributed by atoms with Crippen molar-refractivity contribution in [2.45, 2.75) is 25.9 Å². The summed E-state index contributed by atoms with van der Waals surface area (Å²) < 4.78 is 10.6. The van der Waals surface area contributed by atoms with Crippen LogP contribution in [0, 0.1) is 0 Å². The molecule has 1 atom stereocenters. The molecule has 1 rings (SSSR count). The molecule has 20 heavy (non-hydrogen) atoms. The molecule has 0 saturated carbocycles. The third-order valence-electron chi connectivity index (χ3n) is 2.51. The van der Waals surface area contributed by atoms with E-state index in [2.05, 4.69) is 0 Å². The lowest BCUT2D eigenvalue weighted by Gasteiger charge is -2.13. The molecule has 0 bridgehead atoms. The van der Waals surface area contributed by atoms with E-state index in [1.54, 1.807) is 31.2 Å². The Morgan fingerprint density at radius 3 is 2.45 bits per heavy atom. The predicted molar refractivity (Wildman–Crippen MR) is 77.6 cm³/mol. The lowest BCUT2D eigenvalue weighted by atomic mass is 10.2. The maximum absolute atomic E-state index is 11.2. The van der Waals surface area contributed by atoms with Gasteiger partial charge in [0.2, 0.25) is 0 Å². The molecule has 0 saturated heterocycles. The molecule has 0 aromatic heterocycles. The smallest absolute Gasteiger partial charge is 0.307 e. The minimum atomic E-state index is -0.503. The Morgan fingerprint density at radius 1 is 1.25 bits per heavy atom. The topological polar surface area (TPSA) is 52.6 Å². The van der Waals surface area contributed by atoms with E-state index in [4.69, 9.17) is 32.7 Å². The van der Waals surface area contributed by atoms with Gasteiger partial charge in [0.05, 0.1) is 13.0 Å². The summed E-state index contributed by atoms with van der Waals surface area (Å²) in [7, 11) is 0. The van der Waals surface area contributed by atoms with Crippen molar-refractivity contribution in [2.24, 2.45) is 0 Å². The van der Waals surface area contributed by atoms with Crippen molar-refractivity contribution in [1.29, 1.82) is 0 Å². The maximum Gasteiger partial charge on any atom is 0.307 e. The van der Waals surface area contributed by atoms with Crippen LogP contribution in [0.15, 0.2) is 24.3 Å². The number of carbonyl (C=O) groups is 2. The lowest BCUT2D eigenvalue weighted by molar-refractivity contribution is -0.148. The van der Waals surface area contributed by atoms with Gasteiger partial charge in [-0.05, 0) is 42.8 Å². The molecule has 1 aromatic carbocycles. The van der Waals surface area contributed by atoms with Crippen LogP contribution in [0.25, 0.3) is 0 Å². The van der Waals surface area contributed by atoms with Crippen molar-refractivity contribution in [3.05, 3.63) is 29.8 Å². The fourth-order valence-electron chi connectivity index (χ4n) is 1.44. The zero-order valence-electron chi connectivity index (χ0n) is 11.1. The van der Waals surface area contributed by atoms with Crippen molar-refractivity contribution in [1.82, 2.24) is 0 Å². The van der Waals surface area contributed by atoms with Crippen molar-refractivity contribution in [2.75, 3.05) is 12.5 Å². The normalized spacial score (nSPS) is 11.8. The molecule has 0 N–H and O–H groups in total. The van der Waals surface area contributed by atoms with Gasteiger partial charge in [-0.15, -0.1) is 11.6 Å². The molecule has 0 aliphatic heterocycles. The monoisotopic (exact) mass is 318 g/mol. The summed E-state index contributed by atoms with van der Waals surface area (Å²) in [5.74, 6) is 0.580. The van der Waals surface area contributed by atoms with E-state index in [9.17, 15) is 9.59 Å². The van der Waals surface area contributed by atoms with Crippen LogP contribution < -0.4 is 4.74 Å². The number of ether oxygens (including phenoxy) is 2. The van der Waals surface area contributed by atoms with Gasteiger partial charge in [0.15, 0.2) is 0 Å². The van der Waals surface area contributed by atoms with Gasteiger partial charge >= 0.3 is 5.97 Å². The highest BCUT2D eigenvalue weighted by atomic mass is 35.5. The molecular weight excluding hydrogens is 303 g/mol. The van der Waals surface area contributed by atoms with Gasteiger partial charge in [0, 0.05) is 17.9 Å². The molecule has 0 heterocycles. The van der Waals surface area contributed by atoms with Crippen LogP contribution in [0.3, 0.4) is 0 Å². The van der Waals surface area contributed by atoms with E-state index in [0.717, 1.165) is 0 Å². The van der Waals surface area contributed by atoms with Crippen LogP contribution in [0.5, 0.6) is 5.75 Å².